The molecule has 0 bridgehead atoms. The molecule has 0 saturated heterocycles. The number of ether oxygens (including phenoxy) is 1. The van der Waals surface area contributed by atoms with E-state index in [0.29, 0.717) is 26.5 Å². The minimum Gasteiger partial charge on any atom is -0.465 e. The third kappa shape index (κ3) is 4.19. The number of thioether (sulfide) groups is 1. The minimum absolute atomic E-state index is 0.275. The van der Waals surface area contributed by atoms with Crippen molar-refractivity contribution < 1.29 is 9.53 Å². The molecule has 31 heavy (non-hydrogen) atoms. The van der Waals surface area contributed by atoms with Gasteiger partial charge in [0.2, 0.25) is 0 Å². The van der Waals surface area contributed by atoms with Crippen LogP contribution in [-0.4, -0.2) is 29.3 Å². The first kappa shape index (κ1) is 21.1. The van der Waals surface area contributed by atoms with Crippen molar-refractivity contribution in [2.75, 3.05) is 13.4 Å². The Labute approximate surface area is 187 Å². The molecule has 0 spiro atoms. The van der Waals surface area contributed by atoms with Gasteiger partial charge in [-0.1, -0.05) is 42.5 Å². The number of thiophene rings is 1. The highest BCUT2D eigenvalue weighted by Gasteiger charge is 2.20. The number of methoxy groups -OCH3 is 1. The molecule has 0 atom stereocenters. The van der Waals surface area contributed by atoms with E-state index in [1.807, 2.05) is 54.8 Å². The molecular formula is C24H20N2O3S2. The van der Waals surface area contributed by atoms with Gasteiger partial charge in [0.05, 0.1) is 12.5 Å². The van der Waals surface area contributed by atoms with Crippen LogP contribution in [0.15, 0.2) is 64.3 Å². The van der Waals surface area contributed by atoms with Crippen molar-refractivity contribution in [1.82, 2.24) is 9.97 Å². The standard InChI is InChI=1S/C24H20N2O3S2/c1-14-19-22(27)25-21(26-23(19)31-20(14)24(28)29-2)18(16-7-5-4-6-8-16)13-15-9-11-17(30-3)12-10-15/h4-13H,1-3H3,(H,25,26,27)/b18-13+. The summed E-state index contributed by atoms with van der Waals surface area (Å²) in [5.74, 6) is -0.00975. The van der Waals surface area contributed by atoms with E-state index < -0.39 is 5.97 Å². The van der Waals surface area contributed by atoms with Gasteiger partial charge in [-0.15, -0.1) is 23.1 Å². The number of rotatable bonds is 5. The van der Waals surface area contributed by atoms with Gasteiger partial charge in [0.25, 0.3) is 5.56 Å². The predicted octanol–water partition coefficient (Wildman–Crippen LogP) is 5.39. The van der Waals surface area contributed by atoms with E-state index in [0.717, 1.165) is 16.7 Å². The highest BCUT2D eigenvalue weighted by atomic mass is 32.2. The molecule has 1 N–H and O–H groups in total. The quantitative estimate of drug-likeness (QED) is 0.252. The number of H-pyrrole nitrogens is 1. The lowest BCUT2D eigenvalue weighted by Gasteiger charge is -2.08. The van der Waals surface area contributed by atoms with Crippen LogP contribution in [0.2, 0.25) is 0 Å². The Morgan fingerprint density at radius 2 is 1.84 bits per heavy atom. The molecule has 5 nitrogen and oxygen atoms in total. The van der Waals surface area contributed by atoms with Gasteiger partial charge in [-0.25, -0.2) is 9.78 Å². The van der Waals surface area contributed by atoms with Crippen LogP contribution in [0.1, 0.15) is 32.2 Å². The van der Waals surface area contributed by atoms with Crippen LogP contribution in [0.5, 0.6) is 0 Å². The molecule has 2 aromatic heterocycles. The Hall–Kier alpha value is -3.16. The number of benzene rings is 2. The first-order chi connectivity index (χ1) is 15.0. The average Bonchev–Trinajstić information content (AvgIpc) is 3.14. The van der Waals surface area contributed by atoms with Crippen LogP contribution in [0.3, 0.4) is 0 Å². The average molecular weight is 449 g/mol. The number of nitrogens with zero attached hydrogens (tertiary/aromatic N) is 1. The van der Waals surface area contributed by atoms with Gasteiger partial charge in [0.15, 0.2) is 0 Å². The van der Waals surface area contributed by atoms with E-state index in [2.05, 4.69) is 17.1 Å². The topological polar surface area (TPSA) is 72.0 Å². The molecular weight excluding hydrogens is 428 g/mol. The van der Waals surface area contributed by atoms with Gasteiger partial charge in [-0.2, -0.15) is 0 Å². The SMILES string of the molecule is COC(=O)c1sc2nc(/C(=C/c3ccc(SC)cc3)c3ccccc3)[nH]c(=O)c2c1C. The van der Waals surface area contributed by atoms with Crippen molar-refractivity contribution in [2.24, 2.45) is 0 Å². The van der Waals surface area contributed by atoms with Crippen LogP contribution in [0.25, 0.3) is 21.9 Å². The van der Waals surface area contributed by atoms with E-state index in [-0.39, 0.29) is 5.56 Å². The van der Waals surface area contributed by atoms with Gasteiger partial charge in [-0.05, 0) is 48.1 Å². The zero-order valence-electron chi connectivity index (χ0n) is 17.3. The number of aromatic nitrogens is 2. The van der Waals surface area contributed by atoms with E-state index in [4.69, 9.17) is 9.72 Å². The van der Waals surface area contributed by atoms with Crippen molar-refractivity contribution in [2.45, 2.75) is 11.8 Å². The first-order valence-electron chi connectivity index (χ1n) is 9.55. The molecule has 4 rings (SSSR count). The smallest absolute Gasteiger partial charge is 0.348 e. The number of esters is 1. The van der Waals surface area contributed by atoms with Crippen molar-refractivity contribution in [1.29, 1.82) is 0 Å². The lowest BCUT2D eigenvalue weighted by Crippen LogP contribution is -2.12. The zero-order chi connectivity index (χ0) is 22.0. The van der Waals surface area contributed by atoms with E-state index >= 15 is 0 Å². The highest BCUT2D eigenvalue weighted by Crippen LogP contribution is 2.30. The van der Waals surface area contributed by atoms with Crippen molar-refractivity contribution in [3.05, 3.63) is 92.3 Å². The maximum atomic E-state index is 12.9. The fourth-order valence-electron chi connectivity index (χ4n) is 3.33. The lowest BCUT2D eigenvalue weighted by atomic mass is 10.0. The molecule has 0 saturated carbocycles. The lowest BCUT2D eigenvalue weighted by molar-refractivity contribution is 0.0605. The van der Waals surface area contributed by atoms with Gasteiger partial charge in [0.1, 0.15) is 15.5 Å². The molecule has 0 aliphatic rings. The van der Waals surface area contributed by atoms with Crippen LogP contribution >= 0.6 is 23.1 Å². The Morgan fingerprint density at radius 3 is 2.48 bits per heavy atom. The number of fused-ring (bicyclic) bond motifs is 1. The molecule has 2 heterocycles. The van der Waals surface area contributed by atoms with Crippen LogP contribution in [0, 0.1) is 6.92 Å². The fourth-order valence-corrected chi connectivity index (χ4v) is 4.84. The fraction of sp³-hybridized carbons (Fsp3) is 0.125. The first-order valence-corrected chi connectivity index (χ1v) is 11.6. The van der Waals surface area contributed by atoms with E-state index in [9.17, 15) is 9.59 Å². The van der Waals surface area contributed by atoms with Crippen molar-refractivity contribution in [3.8, 4) is 0 Å². The molecule has 0 unspecified atom stereocenters. The van der Waals surface area contributed by atoms with Crippen LogP contribution in [-0.2, 0) is 4.74 Å². The molecule has 0 fully saturated rings. The van der Waals surface area contributed by atoms with Gasteiger partial charge in [0, 0.05) is 10.5 Å². The molecule has 156 valence electrons. The van der Waals surface area contributed by atoms with Gasteiger partial charge >= 0.3 is 5.97 Å². The normalized spacial score (nSPS) is 11.6. The maximum Gasteiger partial charge on any atom is 0.348 e. The van der Waals surface area contributed by atoms with E-state index in [1.165, 1.54) is 23.3 Å². The predicted molar refractivity (Wildman–Crippen MR) is 128 cm³/mol. The summed E-state index contributed by atoms with van der Waals surface area (Å²) in [4.78, 5) is 34.8. The number of aromatic amines is 1. The number of carbonyl (C=O) groups is 1. The summed E-state index contributed by atoms with van der Waals surface area (Å²) in [6, 6.07) is 18.0. The van der Waals surface area contributed by atoms with Gasteiger partial charge < -0.3 is 9.72 Å². The number of nitrogens with one attached hydrogen (secondary N) is 1. The van der Waals surface area contributed by atoms with Crippen LogP contribution in [0.4, 0.5) is 0 Å². The summed E-state index contributed by atoms with van der Waals surface area (Å²) in [7, 11) is 1.33. The molecule has 0 radical (unpaired) electrons. The monoisotopic (exact) mass is 448 g/mol. The summed E-state index contributed by atoms with van der Waals surface area (Å²) >= 11 is 2.86. The van der Waals surface area contributed by atoms with Gasteiger partial charge in [-0.3, -0.25) is 4.79 Å². The maximum absolute atomic E-state index is 12.9. The molecule has 7 heteroatoms. The Morgan fingerprint density at radius 1 is 1.13 bits per heavy atom. The van der Waals surface area contributed by atoms with Crippen molar-refractivity contribution in [3.63, 3.8) is 0 Å². The summed E-state index contributed by atoms with van der Waals surface area (Å²) in [6.45, 7) is 1.74. The molecule has 4 aromatic rings. The second-order valence-electron chi connectivity index (χ2n) is 6.84. The second kappa shape index (κ2) is 8.91. The largest absolute Gasteiger partial charge is 0.465 e. The summed E-state index contributed by atoms with van der Waals surface area (Å²) in [6.07, 6.45) is 4.04. The zero-order valence-corrected chi connectivity index (χ0v) is 18.9. The van der Waals surface area contributed by atoms with Crippen molar-refractivity contribution >= 4 is 50.9 Å². The number of carbonyl (C=O) groups excluding carboxylic acids is 1. The summed E-state index contributed by atoms with van der Waals surface area (Å²) in [5.41, 5.74) is 3.04. The molecule has 0 aliphatic carbocycles. The third-order valence-electron chi connectivity index (χ3n) is 4.94. The minimum atomic E-state index is -0.464. The molecule has 0 aliphatic heterocycles. The Kier molecular flexibility index (Phi) is 6.06. The number of hydrogen-bond acceptors (Lipinski definition) is 6. The molecule has 2 aromatic carbocycles. The third-order valence-corrected chi connectivity index (χ3v) is 6.85. The molecule has 0 amide bonds. The number of aryl methyl sites for hydroxylation is 1. The number of hydrogen-bond donors (Lipinski definition) is 1. The Balaban J connectivity index is 1.91. The van der Waals surface area contributed by atoms with Crippen LogP contribution < -0.4 is 5.56 Å². The summed E-state index contributed by atoms with van der Waals surface area (Å²) < 4.78 is 4.85. The highest BCUT2D eigenvalue weighted by molar-refractivity contribution is 7.98. The Bertz CT molecular complexity index is 1340. The van der Waals surface area contributed by atoms with E-state index in [1.54, 1.807) is 18.7 Å². The summed E-state index contributed by atoms with van der Waals surface area (Å²) in [5, 5.41) is 0.422. The second-order valence-corrected chi connectivity index (χ2v) is 8.72.